The number of hydrogen-bond donors (Lipinski definition) is 1. The van der Waals surface area contributed by atoms with Crippen LogP contribution in [0, 0.1) is 0 Å². The maximum absolute atomic E-state index is 11.4. The lowest BCUT2D eigenvalue weighted by molar-refractivity contribution is 0.213. The fourth-order valence-electron chi connectivity index (χ4n) is 1.05. The van der Waals surface area contributed by atoms with Crippen LogP contribution in [-0.4, -0.2) is 29.2 Å². The zero-order valence-electron chi connectivity index (χ0n) is 8.53. The molecule has 0 bridgehead atoms. The highest BCUT2D eigenvalue weighted by Gasteiger charge is 2.07. The van der Waals surface area contributed by atoms with Gasteiger partial charge in [-0.25, -0.2) is 4.79 Å². The quantitative estimate of drug-likeness (QED) is 0.869. The molecule has 15 heavy (non-hydrogen) atoms. The average molecular weight is 290 g/mol. The first-order valence-electron chi connectivity index (χ1n) is 4.27. The number of urea groups is 1. The predicted octanol–water partition coefficient (Wildman–Crippen LogP) is 2.26. The van der Waals surface area contributed by atoms with Crippen LogP contribution in [0.2, 0.25) is 0 Å². The van der Waals surface area contributed by atoms with E-state index in [1.807, 2.05) is 12.3 Å². The molecule has 0 spiro atoms. The molecule has 0 aliphatic rings. The van der Waals surface area contributed by atoms with E-state index in [0.29, 0.717) is 6.54 Å². The lowest BCUT2D eigenvalue weighted by atomic mass is 10.3. The molecular formula is C9H12BrN3OS. The summed E-state index contributed by atoms with van der Waals surface area (Å²) < 4.78 is 3.57. The fraction of sp³-hybridized carbons (Fsp3) is 0.333. The first kappa shape index (κ1) is 12.3. The highest BCUT2D eigenvalue weighted by atomic mass is 79.9. The van der Waals surface area contributed by atoms with Gasteiger partial charge in [-0.2, -0.15) is 0 Å². The number of carbonyl (C=O) groups excluding carboxylic acids is 1. The van der Waals surface area contributed by atoms with E-state index in [1.165, 1.54) is 11.9 Å². The van der Waals surface area contributed by atoms with E-state index in [-0.39, 0.29) is 6.03 Å². The summed E-state index contributed by atoms with van der Waals surface area (Å²) >= 11 is 4.62. The minimum absolute atomic E-state index is 0.109. The Morgan fingerprint density at radius 1 is 1.67 bits per heavy atom. The molecule has 0 aliphatic carbocycles. The van der Waals surface area contributed by atoms with Gasteiger partial charge in [0.05, 0.1) is 0 Å². The van der Waals surface area contributed by atoms with Gasteiger partial charge in [0.25, 0.3) is 0 Å². The van der Waals surface area contributed by atoms with Crippen molar-refractivity contribution in [1.29, 1.82) is 0 Å². The van der Waals surface area contributed by atoms with Gasteiger partial charge in [0, 0.05) is 36.7 Å². The molecule has 4 nitrogen and oxygen atoms in total. The van der Waals surface area contributed by atoms with E-state index >= 15 is 0 Å². The van der Waals surface area contributed by atoms with E-state index in [1.54, 1.807) is 24.3 Å². The second kappa shape index (κ2) is 5.97. The van der Waals surface area contributed by atoms with Crippen LogP contribution in [0.5, 0.6) is 0 Å². The molecule has 1 heterocycles. The Hall–Kier alpha value is -0.750. The Balaban J connectivity index is 2.58. The zero-order chi connectivity index (χ0) is 11.3. The molecule has 0 saturated heterocycles. The number of rotatable bonds is 3. The Labute approximate surface area is 102 Å². The molecule has 0 fully saturated rings. The van der Waals surface area contributed by atoms with Crippen LogP contribution in [0.3, 0.4) is 0 Å². The topological polar surface area (TPSA) is 45.2 Å². The standard InChI is InChI=1S/C9H12BrN3OS/c1-13(9(14)12-15-2)6-7-3-8(10)5-11-4-7/h3-5H,6H2,1-2H3,(H,12,14). The maximum atomic E-state index is 11.4. The normalized spacial score (nSPS) is 9.80. The maximum Gasteiger partial charge on any atom is 0.327 e. The molecule has 0 radical (unpaired) electrons. The van der Waals surface area contributed by atoms with Crippen LogP contribution < -0.4 is 4.72 Å². The first-order valence-corrected chi connectivity index (χ1v) is 6.28. The number of aromatic nitrogens is 1. The summed E-state index contributed by atoms with van der Waals surface area (Å²) in [6.45, 7) is 0.541. The molecule has 0 saturated carbocycles. The zero-order valence-corrected chi connectivity index (χ0v) is 10.9. The molecule has 0 atom stereocenters. The van der Waals surface area contributed by atoms with Crippen molar-refractivity contribution in [3.8, 4) is 0 Å². The lowest BCUT2D eigenvalue weighted by Gasteiger charge is -2.16. The minimum atomic E-state index is -0.109. The van der Waals surface area contributed by atoms with Crippen molar-refractivity contribution < 1.29 is 4.79 Å². The smallest absolute Gasteiger partial charge is 0.323 e. The van der Waals surface area contributed by atoms with E-state index < -0.39 is 0 Å². The third kappa shape index (κ3) is 4.09. The molecule has 2 amide bonds. The van der Waals surface area contributed by atoms with Crippen molar-refractivity contribution in [3.63, 3.8) is 0 Å². The Morgan fingerprint density at radius 3 is 3.00 bits per heavy atom. The Kier molecular flexibility index (Phi) is 4.90. The van der Waals surface area contributed by atoms with E-state index in [9.17, 15) is 4.79 Å². The van der Waals surface area contributed by atoms with Gasteiger partial charge in [0.1, 0.15) is 0 Å². The number of hydrogen-bond acceptors (Lipinski definition) is 3. The van der Waals surface area contributed by atoms with Gasteiger partial charge in [0.2, 0.25) is 0 Å². The fourth-order valence-corrected chi connectivity index (χ4v) is 1.80. The summed E-state index contributed by atoms with van der Waals surface area (Å²) in [6, 6.07) is 1.83. The summed E-state index contributed by atoms with van der Waals surface area (Å²) in [7, 11) is 1.74. The predicted molar refractivity (Wildman–Crippen MR) is 65.5 cm³/mol. The van der Waals surface area contributed by atoms with Crippen molar-refractivity contribution in [2.45, 2.75) is 6.54 Å². The second-order valence-electron chi connectivity index (χ2n) is 2.98. The third-order valence-electron chi connectivity index (χ3n) is 1.72. The van der Waals surface area contributed by atoms with Gasteiger partial charge in [0.15, 0.2) is 0 Å². The SMILES string of the molecule is CSNC(=O)N(C)Cc1cncc(Br)c1. The minimum Gasteiger partial charge on any atom is -0.323 e. The lowest BCUT2D eigenvalue weighted by Crippen LogP contribution is -2.32. The van der Waals surface area contributed by atoms with E-state index in [0.717, 1.165) is 10.0 Å². The molecule has 1 aromatic heterocycles. The highest BCUT2D eigenvalue weighted by Crippen LogP contribution is 2.11. The number of pyridine rings is 1. The molecule has 6 heteroatoms. The summed E-state index contributed by atoms with van der Waals surface area (Å²) in [5, 5.41) is 0. The monoisotopic (exact) mass is 289 g/mol. The summed E-state index contributed by atoms with van der Waals surface area (Å²) in [5.74, 6) is 0. The van der Waals surface area contributed by atoms with Crippen molar-refractivity contribution in [3.05, 3.63) is 28.5 Å². The molecular weight excluding hydrogens is 278 g/mol. The van der Waals surface area contributed by atoms with Gasteiger partial charge in [-0.05, 0) is 27.6 Å². The van der Waals surface area contributed by atoms with Crippen LogP contribution in [0.15, 0.2) is 22.9 Å². The number of halogens is 1. The third-order valence-corrected chi connectivity index (χ3v) is 2.53. The van der Waals surface area contributed by atoms with Crippen LogP contribution in [-0.2, 0) is 6.54 Å². The van der Waals surface area contributed by atoms with Crippen molar-refractivity contribution >= 4 is 33.9 Å². The number of carbonyl (C=O) groups is 1. The molecule has 1 rings (SSSR count). The van der Waals surface area contributed by atoms with Gasteiger partial charge >= 0.3 is 6.03 Å². The van der Waals surface area contributed by atoms with Crippen molar-refractivity contribution in [1.82, 2.24) is 14.6 Å². The molecule has 1 aromatic rings. The van der Waals surface area contributed by atoms with Gasteiger partial charge in [-0.3, -0.25) is 9.71 Å². The van der Waals surface area contributed by atoms with E-state index in [4.69, 9.17) is 0 Å². The number of amides is 2. The van der Waals surface area contributed by atoms with Crippen LogP contribution >= 0.6 is 27.9 Å². The van der Waals surface area contributed by atoms with Gasteiger partial charge < -0.3 is 4.90 Å². The first-order chi connectivity index (χ1) is 7.13. The van der Waals surface area contributed by atoms with Crippen LogP contribution in [0.25, 0.3) is 0 Å². The van der Waals surface area contributed by atoms with Gasteiger partial charge in [-0.1, -0.05) is 11.9 Å². The summed E-state index contributed by atoms with van der Waals surface area (Å²) in [4.78, 5) is 17.0. The molecule has 1 N–H and O–H groups in total. The second-order valence-corrected chi connectivity index (χ2v) is 4.51. The average Bonchev–Trinajstić information content (AvgIpc) is 2.18. The Morgan fingerprint density at radius 2 is 2.40 bits per heavy atom. The summed E-state index contributed by atoms with van der Waals surface area (Å²) in [6.07, 6.45) is 5.27. The largest absolute Gasteiger partial charge is 0.327 e. The molecule has 0 aliphatic heterocycles. The van der Waals surface area contributed by atoms with Crippen LogP contribution in [0.4, 0.5) is 4.79 Å². The number of nitrogens with zero attached hydrogens (tertiary/aromatic N) is 2. The van der Waals surface area contributed by atoms with Crippen molar-refractivity contribution in [2.24, 2.45) is 0 Å². The summed E-state index contributed by atoms with van der Waals surface area (Å²) in [5.41, 5.74) is 0.989. The van der Waals surface area contributed by atoms with E-state index in [2.05, 4.69) is 25.6 Å². The molecule has 0 unspecified atom stereocenters. The number of nitrogens with one attached hydrogen (secondary N) is 1. The van der Waals surface area contributed by atoms with Crippen LogP contribution in [0.1, 0.15) is 5.56 Å². The van der Waals surface area contributed by atoms with Crippen molar-refractivity contribution in [2.75, 3.05) is 13.3 Å². The van der Waals surface area contributed by atoms with Gasteiger partial charge in [-0.15, -0.1) is 0 Å². The highest BCUT2D eigenvalue weighted by molar-refractivity contribution is 9.10. The molecule has 0 aromatic carbocycles. The Bertz CT molecular complexity index is 348. The molecule has 82 valence electrons.